The first-order valence-electron chi connectivity index (χ1n) is 7.28. The minimum Gasteiger partial charge on any atom is -0.344 e. The molecule has 0 spiro atoms. The van der Waals surface area contributed by atoms with E-state index in [-0.39, 0.29) is 11.8 Å². The summed E-state index contributed by atoms with van der Waals surface area (Å²) in [6.45, 7) is 3.51. The van der Waals surface area contributed by atoms with Crippen LogP contribution in [0.3, 0.4) is 0 Å². The Balaban J connectivity index is 1.76. The van der Waals surface area contributed by atoms with Crippen molar-refractivity contribution in [2.45, 2.75) is 6.42 Å². The van der Waals surface area contributed by atoms with Gasteiger partial charge in [0.25, 0.3) is 5.91 Å². The van der Waals surface area contributed by atoms with Gasteiger partial charge in [-0.05, 0) is 11.4 Å². The zero-order chi connectivity index (χ0) is 15.9. The molecular formula is C15H20N4O2S. The van der Waals surface area contributed by atoms with Crippen LogP contribution in [0.1, 0.15) is 16.1 Å². The molecule has 0 saturated carbocycles. The quantitative estimate of drug-likeness (QED) is 0.807. The highest BCUT2D eigenvalue weighted by Crippen LogP contribution is 2.13. The van der Waals surface area contributed by atoms with Crippen molar-refractivity contribution in [2.75, 3.05) is 46.3 Å². The number of rotatable bonds is 5. The van der Waals surface area contributed by atoms with E-state index in [1.165, 1.54) is 11.3 Å². The molecule has 1 aromatic rings. The number of likely N-dealkylation sites (N-methyl/N-ethyl adjacent to an activating group) is 1. The van der Waals surface area contributed by atoms with E-state index in [1.54, 1.807) is 11.9 Å². The fraction of sp³-hybridized carbons (Fsp3) is 0.533. The smallest absolute Gasteiger partial charge is 0.264 e. The number of carbonyl (C=O) groups excluding carboxylic acids is 2. The third-order valence-electron chi connectivity index (χ3n) is 3.74. The van der Waals surface area contributed by atoms with E-state index >= 15 is 0 Å². The van der Waals surface area contributed by atoms with Gasteiger partial charge in [0.1, 0.15) is 0 Å². The van der Waals surface area contributed by atoms with Crippen molar-refractivity contribution in [2.24, 2.45) is 0 Å². The van der Waals surface area contributed by atoms with Gasteiger partial charge in [-0.3, -0.25) is 14.5 Å². The SMILES string of the molecule is CN(CCC#N)C(=O)CN1CCN(C(=O)c2cccs2)CC1. The normalized spacial score (nSPS) is 15.4. The van der Waals surface area contributed by atoms with Gasteiger partial charge in [0.15, 0.2) is 0 Å². The third-order valence-corrected chi connectivity index (χ3v) is 4.59. The second-order valence-corrected chi connectivity index (χ2v) is 6.22. The van der Waals surface area contributed by atoms with Crippen molar-refractivity contribution < 1.29 is 9.59 Å². The van der Waals surface area contributed by atoms with Crippen LogP contribution in [0.2, 0.25) is 0 Å². The van der Waals surface area contributed by atoms with Crippen molar-refractivity contribution >= 4 is 23.2 Å². The van der Waals surface area contributed by atoms with E-state index in [9.17, 15) is 9.59 Å². The molecule has 6 nitrogen and oxygen atoms in total. The van der Waals surface area contributed by atoms with E-state index in [4.69, 9.17) is 5.26 Å². The Kier molecular flexibility index (Phi) is 5.92. The highest BCUT2D eigenvalue weighted by atomic mass is 32.1. The lowest BCUT2D eigenvalue weighted by atomic mass is 10.3. The van der Waals surface area contributed by atoms with Gasteiger partial charge < -0.3 is 9.80 Å². The summed E-state index contributed by atoms with van der Waals surface area (Å²) in [6, 6.07) is 5.76. The van der Waals surface area contributed by atoms with Gasteiger partial charge in [-0.1, -0.05) is 6.07 Å². The third kappa shape index (κ3) is 4.29. The van der Waals surface area contributed by atoms with Crippen LogP contribution in [-0.2, 0) is 4.79 Å². The maximum atomic E-state index is 12.2. The lowest BCUT2D eigenvalue weighted by molar-refractivity contribution is -0.131. The molecule has 2 amide bonds. The van der Waals surface area contributed by atoms with Gasteiger partial charge >= 0.3 is 0 Å². The van der Waals surface area contributed by atoms with Crippen molar-refractivity contribution in [1.82, 2.24) is 14.7 Å². The highest BCUT2D eigenvalue weighted by molar-refractivity contribution is 7.12. The van der Waals surface area contributed by atoms with Gasteiger partial charge in [-0.15, -0.1) is 11.3 Å². The summed E-state index contributed by atoms with van der Waals surface area (Å²) in [5.41, 5.74) is 0. The molecule has 22 heavy (non-hydrogen) atoms. The van der Waals surface area contributed by atoms with E-state index < -0.39 is 0 Å². The lowest BCUT2D eigenvalue weighted by Crippen LogP contribution is -2.51. The predicted octanol–water partition coefficient (Wildman–Crippen LogP) is 0.878. The molecule has 0 N–H and O–H groups in total. The Morgan fingerprint density at radius 2 is 2.09 bits per heavy atom. The second kappa shape index (κ2) is 7.92. The van der Waals surface area contributed by atoms with Crippen LogP contribution in [-0.4, -0.2) is 72.8 Å². The molecule has 0 aliphatic carbocycles. The van der Waals surface area contributed by atoms with Crippen molar-refractivity contribution in [1.29, 1.82) is 5.26 Å². The Morgan fingerprint density at radius 3 is 2.68 bits per heavy atom. The van der Waals surface area contributed by atoms with Crippen molar-refractivity contribution in [3.8, 4) is 6.07 Å². The number of hydrogen-bond donors (Lipinski definition) is 0. The fourth-order valence-corrected chi connectivity index (χ4v) is 3.01. The summed E-state index contributed by atoms with van der Waals surface area (Å²) in [5, 5.41) is 10.4. The maximum absolute atomic E-state index is 12.2. The highest BCUT2D eigenvalue weighted by Gasteiger charge is 2.24. The van der Waals surface area contributed by atoms with Crippen LogP contribution in [0.4, 0.5) is 0 Å². The standard InChI is InChI=1S/C15H20N4O2S/c1-17(6-3-5-16)14(20)12-18-7-9-19(10-8-18)15(21)13-4-2-11-22-13/h2,4,11H,3,6-10,12H2,1H3. The lowest BCUT2D eigenvalue weighted by Gasteiger charge is -2.34. The minimum absolute atomic E-state index is 0.0216. The first kappa shape index (κ1) is 16.5. The summed E-state index contributed by atoms with van der Waals surface area (Å²) in [5.74, 6) is 0.0976. The number of thiophene rings is 1. The Hall–Kier alpha value is -1.91. The minimum atomic E-state index is 0.0216. The van der Waals surface area contributed by atoms with Crippen LogP contribution in [0.15, 0.2) is 17.5 Å². The van der Waals surface area contributed by atoms with E-state index in [2.05, 4.69) is 4.90 Å². The number of carbonyl (C=O) groups is 2. The largest absolute Gasteiger partial charge is 0.344 e. The summed E-state index contributed by atoms with van der Waals surface area (Å²) < 4.78 is 0. The summed E-state index contributed by atoms with van der Waals surface area (Å²) in [7, 11) is 1.72. The molecule has 1 saturated heterocycles. The summed E-state index contributed by atoms with van der Waals surface area (Å²) in [4.78, 5) is 30.5. The van der Waals surface area contributed by atoms with Crippen molar-refractivity contribution in [3.63, 3.8) is 0 Å². The van der Waals surface area contributed by atoms with E-state index in [0.717, 1.165) is 4.88 Å². The Bertz CT molecular complexity index is 544. The molecule has 0 atom stereocenters. The van der Waals surface area contributed by atoms with Crippen LogP contribution >= 0.6 is 11.3 Å². The molecule has 0 unspecified atom stereocenters. The molecule has 7 heteroatoms. The average Bonchev–Trinajstić information content (AvgIpc) is 3.07. The van der Waals surface area contributed by atoms with Gasteiger partial charge in [-0.2, -0.15) is 5.26 Å². The van der Waals surface area contributed by atoms with Crippen LogP contribution in [0.5, 0.6) is 0 Å². The van der Waals surface area contributed by atoms with E-state index in [1.807, 2.05) is 28.5 Å². The van der Waals surface area contributed by atoms with E-state index in [0.29, 0.717) is 45.7 Å². The predicted molar refractivity (Wildman–Crippen MR) is 84.5 cm³/mol. The van der Waals surface area contributed by atoms with Gasteiger partial charge in [0.05, 0.1) is 23.9 Å². The number of nitrogens with zero attached hydrogens (tertiary/aromatic N) is 4. The second-order valence-electron chi connectivity index (χ2n) is 5.27. The molecule has 118 valence electrons. The molecule has 0 aromatic carbocycles. The van der Waals surface area contributed by atoms with Crippen LogP contribution in [0.25, 0.3) is 0 Å². The molecule has 0 radical (unpaired) electrons. The summed E-state index contributed by atoms with van der Waals surface area (Å²) >= 11 is 1.46. The molecule has 1 aromatic heterocycles. The summed E-state index contributed by atoms with van der Waals surface area (Å²) in [6.07, 6.45) is 0.353. The van der Waals surface area contributed by atoms with Crippen LogP contribution in [0, 0.1) is 11.3 Å². The monoisotopic (exact) mass is 320 g/mol. The topological polar surface area (TPSA) is 67.7 Å². The molecule has 1 aliphatic rings. The van der Waals surface area contributed by atoms with Gasteiger partial charge in [0.2, 0.25) is 5.91 Å². The van der Waals surface area contributed by atoms with Gasteiger partial charge in [-0.25, -0.2) is 0 Å². The number of hydrogen-bond acceptors (Lipinski definition) is 5. The number of piperazine rings is 1. The molecule has 0 bridgehead atoms. The molecule has 2 rings (SSSR count). The Morgan fingerprint density at radius 1 is 1.36 bits per heavy atom. The molecule has 1 fully saturated rings. The molecule has 1 aliphatic heterocycles. The average molecular weight is 320 g/mol. The first-order valence-corrected chi connectivity index (χ1v) is 8.16. The number of amides is 2. The van der Waals surface area contributed by atoms with Crippen LogP contribution < -0.4 is 0 Å². The Labute approximate surface area is 134 Å². The maximum Gasteiger partial charge on any atom is 0.264 e. The zero-order valence-corrected chi connectivity index (χ0v) is 13.5. The first-order chi connectivity index (χ1) is 10.6. The fourth-order valence-electron chi connectivity index (χ4n) is 2.32. The zero-order valence-electron chi connectivity index (χ0n) is 12.7. The van der Waals surface area contributed by atoms with Gasteiger partial charge in [0, 0.05) is 39.8 Å². The molecular weight excluding hydrogens is 300 g/mol. The van der Waals surface area contributed by atoms with Crippen molar-refractivity contribution in [3.05, 3.63) is 22.4 Å². The molecule has 2 heterocycles. The number of nitriles is 1.